The number of amides is 3. The highest BCUT2D eigenvalue weighted by atomic mass is 19.1. The van der Waals surface area contributed by atoms with E-state index in [0.29, 0.717) is 27.9 Å². The van der Waals surface area contributed by atoms with E-state index in [0.717, 1.165) is 4.90 Å². The number of aryl methyl sites for hydroxylation is 1. The average Bonchev–Trinajstić information content (AvgIpc) is 3.02. The predicted molar refractivity (Wildman–Crippen MR) is 148 cm³/mol. The van der Waals surface area contributed by atoms with Crippen molar-refractivity contribution in [2.45, 2.75) is 51.9 Å². The molecule has 11 heteroatoms. The molecule has 2 heterocycles. The van der Waals surface area contributed by atoms with Gasteiger partial charge in [-0.15, -0.1) is 0 Å². The number of carbonyl (C=O) groups is 3. The summed E-state index contributed by atoms with van der Waals surface area (Å²) in [6, 6.07) is 10.3. The maximum absolute atomic E-state index is 14.2. The number of para-hydroxylation sites is 2. The lowest BCUT2D eigenvalue weighted by Crippen LogP contribution is -2.55. The Hall–Kier alpha value is -4.41. The third-order valence-corrected chi connectivity index (χ3v) is 6.71. The van der Waals surface area contributed by atoms with E-state index in [-0.39, 0.29) is 18.7 Å². The summed E-state index contributed by atoms with van der Waals surface area (Å²) in [6.07, 6.45) is -0.683. The second kappa shape index (κ2) is 11.0. The lowest BCUT2D eigenvalue weighted by atomic mass is 10.1. The summed E-state index contributed by atoms with van der Waals surface area (Å²) in [4.78, 5) is 54.8. The molecular weight excluding hydrogens is 519 g/mol. The quantitative estimate of drug-likeness (QED) is 0.520. The van der Waals surface area contributed by atoms with E-state index in [1.165, 1.54) is 47.7 Å². The Morgan fingerprint density at radius 3 is 2.58 bits per heavy atom. The van der Waals surface area contributed by atoms with Crippen molar-refractivity contribution in [2.75, 3.05) is 18.6 Å². The topological polar surface area (TPSA) is 110 Å². The van der Waals surface area contributed by atoms with Crippen LogP contribution >= 0.6 is 0 Å². The van der Waals surface area contributed by atoms with Crippen LogP contribution in [0.2, 0.25) is 0 Å². The Morgan fingerprint density at radius 2 is 1.88 bits per heavy atom. The standard InChI is InChI=1S/C29H33FN4O6/c1-17(32(5)28(38)40-29(2,3)4)26(36)31-21-16-39-24-10-8-7-9-23(24)34(27(21)37)15-18-13-25(35)33(6)22-12-11-19(30)14-20(18)22/h7-14,17,21H,15-16H2,1-6H3,(H,31,36)/t17-,21-/m0/s1. The molecule has 10 nitrogen and oxygen atoms in total. The summed E-state index contributed by atoms with van der Waals surface area (Å²) in [7, 11) is 3.03. The second-order valence-corrected chi connectivity index (χ2v) is 10.8. The minimum absolute atomic E-state index is 0.0744. The van der Waals surface area contributed by atoms with Gasteiger partial charge in [-0.3, -0.25) is 19.3 Å². The van der Waals surface area contributed by atoms with Gasteiger partial charge in [0.05, 0.1) is 17.7 Å². The first-order chi connectivity index (χ1) is 18.8. The molecule has 1 N–H and O–H groups in total. The molecule has 212 valence electrons. The molecule has 0 aliphatic carbocycles. The number of anilines is 1. The number of carbonyl (C=O) groups excluding carboxylic acids is 3. The number of hydrogen-bond acceptors (Lipinski definition) is 6. The fourth-order valence-electron chi connectivity index (χ4n) is 4.38. The van der Waals surface area contributed by atoms with Crippen LogP contribution in [-0.4, -0.2) is 58.7 Å². The van der Waals surface area contributed by atoms with Gasteiger partial charge in [0.2, 0.25) is 5.91 Å². The Kier molecular flexibility index (Phi) is 7.86. The number of aromatic nitrogens is 1. The zero-order valence-electron chi connectivity index (χ0n) is 23.4. The van der Waals surface area contributed by atoms with E-state index in [9.17, 15) is 23.6 Å². The van der Waals surface area contributed by atoms with Crippen molar-refractivity contribution in [1.29, 1.82) is 0 Å². The number of fused-ring (bicyclic) bond motifs is 2. The van der Waals surface area contributed by atoms with Gasteiger partial charge >= 0.3 is 6.09 Å². The van der Waals surface area contributed by atoms with Gasteiger partial charge in [-0.2, -0.15) is 0 Å². The zero-order chi connectivity index (χ0) is 29.4. The molecule has 0 bridgehead atoms. The molecule has 1 aliphatic rings. The van der Waals surface area contributed by atoms with Crippen molar-refractivity contribution >= 4 is 34.5 Å². The van der Waals surface area contributed by atoms with Crippen molar-refractivity contribution in [2.24, 2.45) is 7.05 Å². The maximum Gasteiger partial charge on any atom is 0.410 e. The van der Waals surface area contributed by atoms with Crippen molar-refractivity contribution in [3.05, 3.63) is 70.3 Å². The van der Waals surface area contributed by atoms with Crippen LogP contribution in [0.15, 0.2) is 53.3 Å². The highest BCUT2D eigenvalue weighted by molar-refractivity contribution is 6.02. The molecule has 0 unspecified atom stereocenters. The number of hydrogen-bond donors (Lipinski definition) is 1. The van der Waals surface area contributed by atoms with Crippen molar-refractivity contribution in [3.8, 4) is 5.75 Å². The zero-order valence-corrected chi connectivity index (χ0v) is 23.4. The SMILES string of the molecule is C[C@@H](C(=O)N[C@H]1COc2ccccc2N(Cc2cc(=O)n(C)c3ccc(F)cc23)C1=O)N(C)C(=O)OC(C)(C)C. The number of ether oxygens (including phenoxy) is 2. The number of pyridine rings is 1. The first-order valence-electron chi connectivity index (χ1n) is 12.8. The molecule has 3 aromatic rings. The molecule has 4 rings (SSSR count). The van der Waals surface area contributed by atoms with E-state index in [2.05, 4.69) is 5.32 Å². The molecule has 3 amide bonds. The first kappa shape index (κ1) is 28.6. The highest BCUT2D eigenvalue weighted by Gasteiger charge is 2.35. The summed E-state index contributed by atoms with van der Waals surface area (Å²) in [6.45, 7) is 6.45. The van der Waals surface area contributed by atoms with E-state index in [4.69, 9.17) is 9.47 Å². The van der Waals surface area contributed by atoms with Crippen molar-refractivity contribution in [3.63, 3.8) is 0 Å². The summed E-state index contributed by atoms with van der Waals surface area (Å²) < 4.78 is 26.9. The van der Waals surface area contributed by atoms with Gasteiger partial charge < -0.3 is 24.3 Å². The lowest BCUT2D eigenvalue weighted by molar-refractivity contribution is -0.130. The molecule has 0 saturated carbocycles. The van der Waals surface area contributed by atoms with Gasteiger partial charge in [-0.05, 0) is 63.6 Å². The molecule has 0 saturated heterocycles. The van der Waals surface area contributed by atoms with Gasteiger partial charge in [-0.1, -0.05) is 12.1 Å². The molecule has 2 atom stereocenters. The average molecular weight is 553 g/mol. The van der Waals surface area contributed by atoms with Gasteiger partial charge in [0.1, 0.15) is 35.9 Å². The van der Waals surface area contributed by atoms with Crippen LogP contribution in [0.5, 0.6) is 5.75 Å². The Morgan fingerprint density at radius 1 is 1.18 bits per heavy atom. The lowest BCUT2D eigenvalue weighted by Gasteiger charge is -2.29. The fourth-order valence-corrected chi connectivity index (χ4v) is 4.38. The second-order valence-electron chi connectivity index (χ2n) is 10.8. The van der Waals surface area contributed by atoms with E-state index in [1.807, 2.05) is 0 Å². The molecule has 1 aromatic heterocycles. The Labute approximate surface area is 231 Å². The highest BCUT2D eigenvalue weighted by Crippen LogP contribution is 2.33. The van der Waals surface area contributed by atoms with Crippen LogP contribution < -0.4 is 20.5 Å². The summed E-state index contributed by atoms with van der Waals surface area (Å²) >= 11 is 0. The first-order valence-corrected chi connectivity index (χ1v) is 12.8. The number of benzene rings is 2. The Bertz CT molecular complexity index is 1530. The minimum atomic E-state index is -1.11. The van der Waals surface area contributed by atoms with Crippen LogP contribution in [0.25, 0.3) is 10.9 Å². The van der Waals surface area contributed by atoms with E-state index in [1.54, 1.807) is 52.1 Å². The van der Waals surface area contributed by atoms with Crippen LogP contribution in [-0.2, 0) is 27.9 Å². The summed E-state index contributed by atoms with van der Waals surface area (Å²) in [5, 5.41) is 3.17. The molecule has 2 aromatic carbocycles. The predicted octanol–water partition coefficient (Wildman–Crippen LogP) is 3.34. The smallest absolute Gasteiger partial charge is 0.410 e. The third-order valence-electron chi connectivity index (χ3n) is 6.71. The van der Waals surface area contributed by atoms with Gasteiger partial charge in [0.15, 0.2) is 0 Å². The minimum Gasteiger partial charge on any atom is -0.489 e. The van der Waals surface area contributed by atoms with Crippen LogP contribution in [0.4, 0.5) is 14.9 Å². The van der Waals surface area contributed by atoms with Crippen LogP contribution in [0.3, 0.4) is 0 Å². The van der Waals surface area contributed by atoms with E-state index >= 15 is 0 Å². The van der Waals surface area contributed by atoms with Gasteiger partial charge in [0.25, 0.3) is 11.5 Å². The van der Waals surface area contributed by atoms with E-state index < -0.39 is 41.4 Å². The number of nitrogens with one attached hydrogen (secondary N) is 1. The van der Waals surface area contributed by atoms with Crippen LogP contribution in [0.1, 0.15) is 33.3 Å². The largest absolute Gasteiger partial charge is 0.489 e. The van der Waals surface area contributed by atoms with Crippen molar-refractivity contribution < 1.29 is 28.2 Å². The number of rotatable bonds is 5. The molecule has 0 spiro atoms. The number of halogens is 1. The van der Waals surface area contributed by atoms with Crippen molar-refractivity contribution in [1.82, 2.24) is 14.8 Å². The van der Waals surface area contributed by atoms with Gasteiger partial charge in [-0.25, -0.2) is 9.18 Å². The Balaban J connectivity index is 1.65. The third kappa shape index (κ3) is 5.93. The summed E-state index contributed by atoms with van der Waals surface area (Å²) in [5.41, 5.74) is 0.327. The van der Waals surface area contributed by atoms with Crippen LogP contribution in [0, 0.1) is 5.82 Å². The molecular formula is C29H33FN4O6. The molecule has 1 aliphatic heterocycles. The number of nitrogens with zero attached hydrogens (tertiary/aromatic N) is 3. The number of likely N-dealkylation sites (N-methyl/N-ethyl adjacent to an activating group) is 1. The normalized spacial score (nSPS) is 16.0. The molecule has 0 fully saturated rings. The maximum atomic E-state index is 14.2. The molecule has 40 heavy (non-hydrogen) atoms. The van der Waals surface area contributed by atoms with Gasteiger partial charge in [0, 0.05) is 25.5 Å². The molecule has 0 radical (unpaired) electrons. The fraction of sp³-hybridized carbons (Fsp3) is 0.379. The summed E-state index contributed by atoms with van der Waals surface area (Å²) in [5.74, 6) is -1.14. The monoisotopic (exact) mass is 552 g/mol.